The summed E-state index contributed by atoms with van der Waals surface area (Å²) in [5.74, 6) is 0. The van der Waals surface area contributed by atoms with Crippen LogP contribution in [-0.4, -0.2) is 39.3 Å². The summed E-state index contributed by atoms with van der Waals surface area (Å²) >= 11 is 0. The molecule has 0 aromatic carbocycles. The molecule has 0 fully saturated rings. The average Bonchev–Trinajstić information content (AvgIpc) is 2.21. The quantitative estimate of drug-likeness (QED) is 0.436. The van der Waals surface area contributed by atoms with Crippen molar-refractivity contribution in [1.82, 2.24) is 16.0 Å². The summed E-state index contributed by atoms with van der Waals surface area (Å²) in [4.78, 5) is 0. The van der Waals surface area contributed by atoms with Gasteiger partial charge in [0.15, 0.2) is 0 Å². The van der Waals surface area contributed by atoms with E-state index in [1.54, 1.807) is 0 Å². The molecule has 3 nitrogen and oxygen atoms in total. The molecule has 0 rings (SSSR count). The lowest BCUT2D eigenvalue weighted by Gasteiger charge is -2.06. The lowest BCUT2D eigenvalue weighted by Crippen LogP contribution is -2.33. The second-order valence-electron chi connectivity index (χ2n) is 3.60. The molecule has 0 unspecified atom stereocenters. The van der Waals surface area contributed by atoms with Crippen LogP contribution in [-0.2, 0) is 0 Å². The van der Waals surface area contributed by atoms with Crippen LogP contribution in [0.1, 0.15) is 33.1 Å². The summed E-state index contributed by atoms with van der Waals surface area (Å²) in [6, 6.07) is 0. The third-order valence-corrected chi connectivity index (χ3v) is 2.09. The van der Waals surface area contributed by atoms with Crippen LogP contribution in [0, 0.1) is 0 Å². The van der Waals surface area contributed by atoms with Gasteiger partial charge in [-0.25, -0.2) is 0 Å². The molecule has 0 aliphatic rings. The Morgan fingerprint density at radius 1 is 0.571 bits per heavy atom. The van der Waals surface area contributed by atoms with Crippen LogP contribution >= 0.6 is 0 Å². The fraction of sp³-hybridized carbons (Fsp3) is 1.00. The number of hydrogen-bond acceptors (Lipinski definition) is 3. The molecule has 3 N–H and O–H groups in total. The van der Waals surface area contributed by atoms with E-state index in [4.69, 9.17) is 0 Å². The van der Waals surface area contributed by atoms with Gasteiger partial charge in [0.2, 0.25) is 0 Å². The van der Waals surface area contributed by atoms with E-state index in [0.29, 0.717) is 0 Å². The van der Waals surface area contributed by atoms with Crippen molar-refractivity contribution in [3.63, 3.8) is 0 Å². The normalized spacial score (nSPS) is 10.7. The Hall–Kier alpha value is -0.120. The maximum Gasteiger partial charge on any atom is 0.00772 e. The van der Waals surface area contributed by atoms with Gasteiger partial charge in [0, 0.05) is 26.2 Å². The van der Waals surface area contributed by atoms with Crippen molar-refractivity contribution in [2.24, 2.45) is 0 Å². The third-order valence-electron chi connectivity index (χ3n) is 2.09. The molecule has 0 heterocycles. The first-order chi connectivity index (χ1) is 6.91. The highest BCUT2D eigenvalue weighted by molar-refractivity contribution is 4.54. The monoisotopic (exact) mass is 201 g/mol. The van der Waals surface area contributed by atoms with Gasteiger partial charge in [-0.3, -0.25) is 0 Å². The van der Waals surface area contributed by atoms with Crippen molar-refractivity contribution < 1.29 is 0 Å². The summed E-state index contributed by atoms with van der Waals surface area (Å²) in [7, 11) is 0. The molecular weight excluding hydrogens is 174 g/mol. The molecule has 0 saturated heterocycles. The number of nitrogens with one attached hydrogen (secondary N) is 3. The number of hydrogen-bond donors (Lipinski definition) is 3. The molecule has 0 aliphatic heterocycles. The smallest absolute Gasteiger partial charge is 0.00772 e. The highest BCUT2D eigenvalue weighted by Gasteiger charge is 1.88. The molecule has 0 aliphatic carbocycles. The van der Waals surface area contributed by atoms with Gasteiger partial charge in [-0.1, -0.05) is 20.3 Å². The molecule has 0 radical (unpaired) electrons. The zero-order valence-corrected chi connectivity index (χ0v) is 9.86. The minimum absolute atomic E-state index is 1.08. The van der Waals surface area contributed by atoms with Crippen molar-refractivity contribution in [2.45, 2.75) is 33.1 Å². The van der Waals surface area contributed by atoms with E-state index in [0.717, 1.165) is 39.3 Å². The van der Waals surface area contributed by atoms with Crippen molar-refractivity contribution in [1.29, 1.82) is 0 Å². The van der Waals surface area contributed by atoms with Gasteiger partial charge in [-0.15, -0.1) is 0 Å². The van der Waals surface area contributed by atoms with Crippen LogP contribution in [0.3, 0.4) is 0 Å². The lowest BCUT2D eigenvalue weighted by molar-refractivity contribution is 0.571. The molecule has 0 aromatic heterocycles. The minimum atomic E-state index is 1.08. The van der Waals surface area contributed by atoms with Crippen molar-refractivity contribution in [2.75, 3.05) is 39.3 Å². The maximum atomic E-state index is 3.41. The lowest BCUT2D eigenvalue weighted by atomic mass is 10.3. The Morgan fingerprint density at radius 3 is 1.57 bits per heavy atom. The third kappa shape index (κ3) is 11.9. The van der Waals surface area contributed by atoms with E-state index in [1.165, 1.54) is 19.3 Å². The van der Waals surface area contributed by atoms with E-state index < -0.39 is 0 Å². The van der Waals surface area contributed by atoms with Crippen LogP contribution < -0.4 is 16.0 Å². The van der Waals surface area contributed by atoms with Gasteiger partial charge < -0.3 is 16.0 Å². The molecule has 0 atom stereocenters. The van der Waals surface area contributed by atoms with Crippen LogP contribution in [0.2, 0.25) is 0 Å². The Balaban J connectivity index is 2.78. The van der Waals surface area contributed by atoms with Crippen LogP contribution in [0.15, 0.2) is 0 Å². The fourth-order valence-corrected chi connectivity index (χ4v) is 1.21. The second-order valence-corrected chi connectivity index (χ2v) is 3.60. The van der Waals surface area contributed by atoms with Gasteiger partial charge in [0.25, 0.3) is 0 Å². The molecule has 86 valence electrons. The van der Waals surface area contributed by atoms with Crippen molar-refractivity contribution >= 4 is 0 Å². The Labute approximate surface area is 89.0 Å². The van der Waals surface area contributed by atoms with Gasteiger partial charge in [-0.2, -0.15) is 0 Å². The van der Waals surface area contributed by atoms with Gasteiger partial charge in [0.1, 0.15) is 0 Å². The van der Waals surface area contributed by atoms with E-state index in [-0.39, 0.29) is 0 Å². The van der Waals surface area contributed by atoms with Gasteiger partial charge in [0.05, 0.1) is 0 Å². The van der Waals surface area contributed by atoms with Crippen molar-refractivity contribution in [3.8, 4) is 0 Å². The summed E-state index contributed by atoms with van der Waals surface area (Å²) in [6.45, 7) is 11.0. The SMILES string of the molecule is CCCCNCCNCCNCCC. The standard InChI is InChI=1S/C11H27N3/c1-3-5-7-13-9-11-14-10-8-12-6-4-2/h12-14H,3-11H2,1-2H3. The second kappa shape index (κ2) is 12.9. The van der Waals surface area contributed by atoms with Gasteiger partial charge >= 0.3 is 0 Å². The first-order valence-electron chi connectivity index (χ1n) is 6.04. The van der Waals surface area contributed by atoms with E-state index in [1.807, 2.05) is 0 Å². The van der Waals surface area contributed by atoms with E-state index in [2.05, 4.69) is 29.8 Å². The fourth-order valence-electron chi connectivity index (χ4n) is 1.21. The highest BCUT2D eigenvalue weighted by Crippen LogP contribution is 1.80. The Bertz CT molecular complexity index is 84.5. The summed E-state index contributed by atoms with van der Waals surface area (Å²) < 4.78 is 0. The minimum Gasteiger partial charge on any atom is -0.315 e. The molecule has 0 saturated carbocycles. The first kappa shape index (κ1) is 13.9. The highest BCUT2D eigenvalue weighted by atomic mass is 15.0. The Morgan fingerprint density at radius 2 is 1.07 bits per heavy atom. The summed E-state index contributed by atoms with van der Waals surface area (Å²) in [6.07, 6.45) is 3.79. The predicted octanol–water partition coefficient (Wildman–Crippen LogP) is 0.965. The average molecular weight is 201 g/mol. The number of unbranched alkanes of at least 4 members (excludes halogenated alkanes) is 1. The molecular formula is C11H27N3. The van der Waals surface area contributed by atoms with E-state index in [9.17, 15) is 0 Å². The Kier molecular flexibility index (Phi) is 12.8. The topological polar surface area (TPSA) is 36.1 Å². The van der Waals surface area contributed by atoms with Crippen LogP contribution in [0.25, 0.3) is 0 Å². The van der Waals surface area contributed by atoms with Crippen LogP contribution in [0.4, 0.5) is 0 Å². The van der Waals surface area contributed by atoms with Crippen LogP contribution in [0.5, 0.6) is 0 Å². The zero-order valence-electron chi connectivity index (χ0n) is 9.86. The molecule has 0 amide bonds. The molecule has 0 aromatic rings. The van der Waals surface area contributed by atoms with Gasteiger partial charge in [-0.05, 0) is 25.9 Å². The molecule has 0 bridgehead atoms. The largest absolute Gasteiger partial charge is 0.315 e. The molecule has 14 heavy (non-hydrogen) atoms. The number of rotatable bonds is 11. The predicted molar refractivity (Wildman–Crippen MR) is 63.8 cm³/mol. The first-order valence-corrected chi connectivity index (χ1v) is 6.04. The molecule has 0 spiro atoms. The summed E-state index contributed by atoms with van der Waals surface area (Å²) in [5, 5.41) is 10.2. The molecule has 3 heteroatoms. The maximum absolute atomic E-state index is 3.41. The summed E-state index contributed by atoms with van der Waals surface area (Å²) in [5.41, 5.74) is 0. The zero-order chi connectivity index (χ0) is 10.5. The van der Waals surface area contributed by atoms with Crippen molar-refractivity contribution in [3.05, 3.63) is 0 Å². The van der Waals surface area contributed by atoms with E-state index >= 15 is 0 Å².